The number of aromatic nitrogens is 3. The van der Waals surface area contributed by atoms with Crippen LogP contribution in [0.5, 0.6) is 0 Å². The first-order chi connectivity index (χ1) is 9.00. The fraction of sp³-hybridized carbons (Fsp3) is 0.667. The molecule has 0 atom stereocenters. The number of rotatable bonds is 2. The van der Waals surface area contributed by atoms with E-state index < -0.39 is 26.6 Å². The number of nitrogens with zero attached hydrogens (tertiary/aromatic N) is 7. The Hall–Kier alpha value is -2.13. The van der Waals surface area contributed by atoms with Crippen LogP contribution < -0.4 is 0 Å². The maximum atomic E-state index is 11.9. The van der Waals surface area contributed by atoms with Gasteiger partial charge in [0.15, 0.2) is 5.82 Å². The molecule has 110 valence electrons. The molecular weight excluding hydrogens is 286 g/mol. The molecule has 0 N–H and O–H groups in total. The van der Waals surface area contributed by atoms with Gasteiger partial charge in [0.1, 0.15) is 0 Å². The zero-order chi connectivity index (χ0) is 15.7. The maximum absolute atomic E-state index is 11.9. The fourth-order valence-electron chi connectivity index (χ4n) is 1.18. The van der Waals surface area contributed by atoms with Crippen molar-refractivity contribution in [2.24, 2.45) is 4.52 Å². The van der Waals surface area contributed by atoms with Gasteiger partial charge in [-0.15, -0.1) is 5.10 Å². The Morgan fingerprint density at radius 3 is 2.35 bits per heavy atom. The summed E-state index contributed by atoms with van der Waals surface area (Å²) in [6, 6.07) is -0.709. The van der Waals surface area contributed by atoms with Crippen LogP contribution in [0.25, 0.3) is 10.4 Å². The maximum Gasteiger partial charge on any atom is 0.346 e. The van der Waals surface area contributed by atoms with Crippen LogP contribution in [0.1, 0.15) is 26.6 Å². The van der Waals surface area contributed by atoms with Crippen molar-refractivity contribution in [3.8, 4) is 0 Å². The molecule has 0 spiro atoms. The SMILES string of the molecule is CN(C)C(=O)n1nc(C(C)(C)C)nc1S(=O)(=O)N=[N+]=[N-]. The highest BCUT2D eigenvalue weighted by molar-refractivity contribution is 7.89. The van der Waals surface area contributed by atoms with E-state index in [-0.39, 0.29) is 5.82 Å². The molecule has 0 radical (unpaired) electrons. The van der Waals surface area contributed by atoms with Gasteiger partial charge in [-0.05, 0) is 5.53 Å². The molecule has 0 aromatic carbocycles. The zero-order valence-electron chi connectivity index (χ0n) is 11.8. The summed E-state index contributed by atoms with van der Waals surface area (Å²) in [7, 11) is -1.54. The quantitative estimate of drug-likeness (QED) is 0.458. The summed E-state index contributed by atoms with van der Waals surface area (Å²) in [6.45, 7) is 5.28. The van der Waals surface area contributed by atoms with Gasteiger partial charge >= 0.3 is 6.03 Å². The molecule has 1 amide bonds. The van der Waals surface area contributed by atoms with Gasteiger partial charge in [-0.25, -0.2) is 18.2 Å². The molecule has 0 unspecified atom stereocenters. The lowest BCUT2D eigenvalue weighted by Gasteiger charge is -2.12. The predicted octanol–water partition coefficient (Wildman–Crippen LogP) is 1.10. The molecule has 0 aliphatic carbocycles. The lowest BCUT2D eigenvalue weighted by molar-refractivity contribution is 0.212. The fourth-order valence-corrected chi connectivity index (χ4v) is 1.89. The summed E-state index contributed by atoms with van der Waals surface area (Å²) < 4.78 is 26.9. The Kier molecular flexibility index (Phi) is 4.06. The molecule has 1 heterocycles. The minimum Gasteiger partial charge on any atom is -0.329 e. The van der Waals surface area contributed by atoms with Gasteiger partial charge in [0, 0.05) is 28.9 Å². The molecule has 1 rings (SSSR count). The third-order valence-corrected chi connectivity index (χ3v) is 3.20. The van der Waals surface area contributed by atoms with Crippen LogP contribution in [0.4, 0.5) is 4.79 Å². The predicted molar refractivity (Wildman–Crippen MR) is 69.5 cm³/mol. The lowest BCUT2D eigenvalue weighted by Crippen LogP contribution is -2.30. The second-order valence-electron chi connectivity index (χ2n) is 5.20. The number of sulfonamides is 1. The first-order valence-electron chi connectivity index (χ1n) is 5.51. The van der Waals surface area contributed by atoms with Gasteiger partial charge in [-0.3, -0.25) is 0 Å². The van der Waals surface area contributed by atoms with E-state index in [0.29, 0.717) is 4.68 Å². The van der Waals surface area contributed by atoms with Gasteiger partial charge in [-0.1, -0.05) is 20.8 Å². The van der Waals surface area contributed by atoms with Gasteiger partial charge < -0.3 is 4.90 Å². The zero-order valence-corrected chi connectivity index (χ0v) is 12.6. The molecule has 10 nitrogen and oxygen atoms in total. The average Bonchev–Trinajstić information content (AvgIpc) is 2.72. The second kappa shape index (κ2) is 5.10. The van der Waals surface area contributed by atoms with Crippen LogP contribution in [0.3, 0.4) is 0 Å². The normalized spacial score (nSPS) is 11.8. The molecule has 0 aliphatic heterocycles. The van der Waals surface area contributed by atoms with Gasteiger partial charge in [0.05, 0.1) is 0 Å². The van der Waals surface area contributed by atoms with Crippen molar-refractivity contribution in [2.75, 3.05) is 14.1 Å². The number of hydrogen-bond acceptors (Lipinski definition) is 5. The minimum absolute atomic E-state index is 0.152. The summed E-state index contributed by atoms with van der Waals surface area (Å²) in [4.78, 5) is 19.1. The number of hydrogen-bond donors (Lipinski definition) is 0. The van der Waals surface area contributed by atoms with Crippen LogP contribution in [-0.4, -0.2) is 48.2 Å². The van der Waals surface area contributed by atoms with E-state index in [2.05, 4.69) is 19.5 Å². The molecular formula is C9H15N7O3S. The Morgan fingerprint density at radius 1 is 1.40 bits per heavy atom. The largest absolute Gasteiger partial charge is 0.346 e. The van der Waals surface area contributed by atoms with Crippen LogP contribution in [-0.2, 0) is 15.4 Å². The highest BCUT2D eigenvalue weighted by Gasteiger charge is 2.31. The first-order valence-corrected chi connectivity index (χ1v) is 6.95. The highest BCUT2D eigenvalue weighted by Crippen LogP contribution is 2.21. The summed E-state index contributed by atoms with van der Waals surface area (Å²) >= 11 is 0. The van der Waals surface area contributed by atoms with Crippen molar-refractivity contribution >= 4 is 16.1 Å². The third-order valence-electron chi connectivity index (χ3n) is 2.19. The van der Waals surface area contributed by atoms with Crippen molar-refractivity contribution in [3.63, 3.8) is 0 Å². The summed E-state index contributed by atoms with van der Waals surface area (Å²) in [5.74, 6) is 0.152. The number of carbonyl (C=O) groups excluding carboxylic acids is 1. The van der Waals surface area contributed by atoms with Crippen molar-refractivity contribution in [3.05, 3.63) is 16.3 Å². The lowest BCUT2D eigenvalue weighted by atomic mass is 9.96. The van der Waals surface area contributed by atoms with Crippen LogP contribution in [0, 0.1) is 0 Å². The Labute approximate surface area is 116 Å². The molecule has 1 aromatic rings. The van der Waals surface area contributed by atoms with Crippen LogP contribution in [0.2, 0.25) is 0 Å². The van der Waals surface area contributed by atoms with Crippen molar-refractivity contribution in [1.82, 2.24) is 19.7 Å². The molecule has 0 aliphatic rings. The van der Waals surface area contributed by atoms with Crippen molar-refractivity contribution in [1.29, 1.82) is 0 Å². The molecule has 20 heavy (non-hydrogen) atoms. The minimum atomic E-state index is -4.41. The molecule has 1 aromatic heterocycles. The highest BCUT2D eigenvalue weighted by atomic mass is 32.2. The number of amides is 1. The van der Waals surface area contributed by atoms with E-state index in [1.165, 1.54) is 14.1 Å². The smallest absolute Gasteiger partial charge is 0.329 e. The second-order valence-corrected chi connectivity index (χ2v) is 6.68. The average molecular weight is 301 g/mol. The summed E-state index contributed by atoms with van der Waals surface area (Å²) in [5, 5.41) is 3.21. The number of azide groups is 1. The Bertz CT molecular complexity index is 677. The first kappa shape index (κ1) is 15.9. The number of carbonyl (C=O) groups is 1. The van der Waals surface area contributed by atoms with Gasteiger partial charge in [-0.2, -0.15) is 4.68 Å². The van der Waals surface area contributed by atoms with E-state index in [1.807, 2.05) is 0 Å². The topological polar surface area (TPSA) is 134 Å². The van der Waals surface area contributed by atoms with E-state index in [9.17, 15) is 13.2 Å². The van der Waals surface area contributed by atoms with Gasteiger partial charge in [0.2, 0.25) is 0 Å². The van der Waals surface area contributed by atoms with Crippen molar-refractivity contribution in [2.45, 2.75) is 31.3 Å². The van der Waals surface area contributed by atoms with Crippen LogP contribution in [0.15, 0.2) is 9.68 Å². The van der Waals surface area contributed by atoms with Crippen LogP contribution >= 0.6 is 0 Å². The Morgan fingerprint density at radius 2 is 1.95 bits per heavy atom. The summed E-state index contributed by atoms with van der Waals surface area (Å²) in [5.41, 5.74) is 7.72. The molecule has 0 fully saturated rings. The van der Waals surface area contributed by atoms with E-state index in [0.717, 1.165) is 4.90 Å². The van der Waals surface area contributed by atoms with Crippen molar-refractivity contribution < 1.29 is 13.2 Å². The standard InChI is InChI=1S/C9H15N7O3S/c1-9(2,3)6-11-7(20(18,19)14-13-10)16(12-6)8(17)15(4)5/h1-5H3. The van der Waals surface area contributed by atoms with E-state index >= 15 is 0 Å². The molecule has 0 saturated heterocycles. The molecule has 0 bridgehead atoms. The van der Waals surface area contributed by atoms with E-state index in [4.69, 9.17) is 5.53 Å². The molecule has 11 heteroatoms. The van der Waals surface area contributed by atoms with Gasteiger partial charge in [0.25, 0.3) is 15.2 Å². The monoisotopic (exact) mass is 301 g/mol. The Balaban J connectivity index is 3.62. The molecule has 0 saturated carbocycles. The van der Waals surface area contributed by atoms with E-state index in [1.54, 1.807) is 20.8 Å². The third kappa shape index (κ3) is 3.06. The summed E-state index contributed by atoms with van der Waals surface area (Å²) in [6.07, 6.45) is 0.